The standard InChI is InChI=1S/C16H32O4Si/c1-16(2,3)15(20-21(4)5)13-8-6-7-12(9-13)10-19-11-14(17)18/h12-13,15,21H,6-11H2,1-5H3,(H,17,18)/t12-,13+,15?/m0/s1. The summed E-state index contributed by atoms with van der Waals surface area (Å²) in [6.07, 6.45) is 4.97. The van der Waals surface area contributed by atoms with E-state index in [4.69, 9.17) is 14.3 Å². The van der Waals surface area contributed by atoms with Crippen molar-refractivity contribution >= 4 is 15.0 Å². The van der Waals surface area contributed by atoms with Crippen LogP contribution in [-0.2, 0) is 14.0 Å². The first kappa shape index (κ1) is 18.7. The molecule has 5 heteroatoms. The van der Waals surface area contributed by atoms with Gasteiger partial charge >= 0.3 is 5.97 Å². The highest BCUT2D eigenvalue weighted by molar-refractivity contribution is 6.48. The van der Waals surface area contributed by atoms with Crippen molar-refractivity contribution in [3.05, 3.63) is 0 Å². The lowest BCUT2D eigenvalue weighted by Gasteiger charge is -2.42. The van der Waals surface area contributed by atoms with E-state index in [1.54, 1.807) is 0 Å². The van der Waals surface area contributed by atoms with Crippen LogP contribution in [0.3, 0.4) is 0 Å². The van der Waals surface area contributed by atoms with Gasteiger partial charge < -0.3 is 14.3 Å². The molecule has 0 aromatic rings. The van der Waals surface area contributed by atoms with Gasteiger partial charge in [0.2, 0.25) is 0 Å². The number of aliphatic carboxylic acids is 1. The number of hydrogen-bond donors (Lipinski definition) is 1. The summed E-state index contributed by atoms with van der Waals surface area (Å²) in [4.78, 5) is 10.5. The molecule has 1 aliphatic rings. The van der Waals surface area contributed by atoms with Crippen molar-refractivity contribution in [1.29, 1.82) is 0 Å². The second kappa shape index (κ2) is 8.29. The van der Waals surface area contributed by atoms with E-state index in [-0.39, 0.29) is 12.0 Å². The van der Waals surface area contributed by atoms with Gasteiger partial charge in [-0.05, 0) is 49.6 Å². The number of carboxylic acid groups (broad SMARTS) is 1. The van der Waals surface area contributed by atoms with Crippen molar-refractivity contribution in [1.82, 2.24) is 0 Å². The molecule has 1 rings (SSSR count). The first-order valence-electron chi connectivity index (χ1n) is 8.15. The van der Waals surface area contributed by atoms with E-state index < -0.39 is 15.0 Å². The van der Waals surface area contributed by atoms with E-state index in [1.165, 1.54) is 12.8 Å². The molecule has 1 aliphatic carbocycles. The summed E-state index contributed by atoms with van der Waals surface area (Å²) in [6.45, 7) is 11.6. The minimum absolute atomic E-state index is 0.158. The Morgan fingerprint density at radius 3 is 2.52 bits per heavy atom. The number of ether oxygens (including phenoxy) is 1. The summed E-state index contributed by atoms with van der Waals surface area (Å²) < 4.78 is 11.6. The highest BCUT2D eigenvalue weighted by Gasteiger charge is 2.36. The van der Waals surface area contributed by atoms with Crippen molar-refractivity contribution in [2.75, 3.05) is 13.2 Å². The quantitative estimate of drug-likeness (QED) is 0.732. The van der Waals surface area contributed by atoms with Gasteiger partial charge in [0.05, 0.1) is 12.7 Å². The zero-order chi connectivity index (χ0) is 16.0. The van der Waals surface area contributed by atoms with Gasteiger partial charge in [-0.1, -0.05) is 27.2 Å². The summed E-state index contributed by atoms with van der Waals surface area (Å²) in [6, 6.07) is 0. The van der Waals surface area contributed by atoms with Crippen molar-refractivity contribution in [3.63, 3.8) is 0 Å². The Morgan fingerprint density at radius 1 is 1.33 bits per heavy atom. The maximum Gasteiger partial charge on any atom is 0.329 e. The molecule has 124 valence electrons. The molecule has 1 saturated carbocycles. The fourth-order valence-electron chi connectivity index (χ4n) is 3.39. The molecule has 0 radical (unpaired) electrons. The summed E-state index contributed by atoms with van der Waals surface area (Å²) >= 11 is 0. The first-order valence-corrected chi connectivity index (χ1v) is 10.9. The SMILES string of the molecule is C[SiH](C)OC([C@@H]1CCC[C@H](COCC(=O)O)C1)C(C)(C)C. The van der Waals surface area contributed by atoms with Crippen LogP contribution in [0.5, 0.6) is 0 Å². The molecule has 1 unspecified atom stereocenters. The molecule has 3 atom stereocenters. The summed E-state index contributed by atoms with van der Waals surface area (Å²) in [5, 5.41) is 8.65. The second-order valence-electron chi connectivity index (χ2n) is 7.67. The molecule has 1 fully saturated rings. The van der Waals surface area contributed by atoms with Gasteiger partial charge in [-0.25, -0.2) is 4.79 Å². The van der Waals surface area contributed by atoms with E-state index in [0.29, 0.717) is 24.5 Å². The third-order valence-electron chi connectivity index (χ3n) is 4.10. The van der Waals surface area contributed by atoms with Crippen molar-refractivity contribution < 1.29 is 19.1 Å². The normalized spacial score (nSPS) is 25.0. The van der Waals surface area contributed by atoms with Crippen LogP contribution in [0.4, 0.5) is 0 Å². The largest absolute Gasteiger partial charge is 0.480 e. The summed E-state index contributed by atoms with van der Waals surface area (Å²) in [7, 11) is -1.06. The van der Waals surface area contributed by atoms with Crippen LogP contribution in [0.1, 0.15) is 46.5 Å². The second-order valence-corrected chi connectivity index (χ2v) is 10.0. The van der Waals surface area contributed by atoms with Crippen LogP contribution in [0.2, 0.25) is 13.1 Å². The van der Waals surface area contributed by atoms with Crippen molar-refractivity contribution in [3.8, 4) is 0 Å². The topological polar surface area (TPSA) is 55.8 Å². The van der Waals surface area contributed by atoms with Gasteiger partial charge in [0.15, 0.2) is 9.04 Å². The zero-order valence-electron chi connectivity index (χ0n) is 14.2. The minimum Gasteiger partial charge on any atom is -0.480 e. The number of carboxylic acids is 1. The fourth-order valence-corrected chi connectivity index (χ4v) is 4.60. The van der Waals surface area contributed by atoms with Gasteiger partial charge in [-0.15, -0.1) is 0 Å². The van der Waals surface area contributed by atoms with Gasteiger partial charge in [0, 0.05) is 0 Å². The zero-order valence-corrected chi connectivity index (χ0v) is 15.4. The van der Waals surface area contributed by atoms with Crippen molar-refractivity contribution in [2.45, 2.75) is 65.7 Å². The van der Waals surface area contributed by atoms with E-state index in [9.17, 15) is 4.79 Å². The van der Waals surface area contributed by atoms with Crippen LogP contribution in [0, 0.1) is 17.3 Å². The highest BCUT2D eigenvalue weighted by Crippen LogP contribution is 2.39. The van der Waals surface area contributed by atoms with Gasteiger partial charge in [0.25, 0.3) is 0 Å². The van der Waals surface area contributed by atoms with Crippen molar-refractivity contribution in [2.24, 2.45) is 17.3 Å². The Balaban J connectivity index is 2.57. The predicted octanol–water partition coefficient (Wildman–Crippen LogP) is 3.31. The summed E-state index contributed by atoms with van der Waals surface area (Å²) in [5.41, 5.74) is 0.158. The Morgan fingerprint density at radius 2 is 2.00 bits per heavy atom. The van der Waals surface area contributed by atoms with E-state index in [1.807, 2.05) is 0 Å². The maximum absolute atomic E-state index is 10.5. The minimum atomic E-state index is -1.06. The first-order chi connectivity index (χ1) is 9.70. The lowest BCUT2D eigenvalue weighted by atomic mass is 9.72. The number of hydrogen-bond acceptors (Lipinski definition) is 3. The number of rotatable bonds is 7. The molecule has 21 heavy (non-hydrogen) atoms. The molecule has 0 bridgehead atoms. The smallest absolute Gasteiger partial charge is 0.329 e. The van der Waals surface area contributed by atoms with Crippen LogP contribution in [-0.4, -0.2) is 39.4 Å². The Hall–Kier alpha value is -0.393. The average Bonchev–Trinajstić information content (AvgIpc) is 2.34. The van der Waals surface area contributed by atoms with E-state index in [2.05, 4.69) is 33.9 Å². The fraction of sp³-hybridized carbons (Fsp3) is 0.938. The molecule has 0 aliphatic heterocycles. The molecular weight excluding hydrogens is 284 g/mol. The Labute approximate surface area is 130 Å². The lowest BCUT2D eigenvalue weighted by Crippen LogP contribution is -2.41. The van der Waals surface area contributed by atoms with E-state index >= 15 is 0 Å². The molecule has 0 aromatic carbocycles. The monoisotopic (exact) mass is 316 g/mol. The molecule has 0 saturated heterocycles. The molecule has 0 spiro atoms. The highest BCUT2D eigenvalue weighted by atomic mass is 28.3. The number of carbonyl (C=O) groups is 1. The van der Waals surface area contributed by atoms with E-state index in [0.717, 1.165) is 12.8 Å². The average molecular weight is 317 g/mol. The third-order valence-corrected chi connectivity index (χ3v) is 4.94. The van der Waals surface area contributed by atoms with Crippen LogP contribution in [0.15, 0.2) is 0 Å². The molecule has 4 nitrogen and oxygen atoms in total. The van der Waals surface area contributed by atoms with Crippen LogP contribution in [0.25, 0.3) is 0 Å². The lowest BCUT2D eigenvalue weighted by molar-refractivity contribution is -0.143. The van der Waals surface area contributed by atoms with Crippen LogP contribution >= 0.6 is 0 Å². The van der Waals surface area contributed by atoms with Gasteiger partial charge in [-0.3, -0.25) is 0 Å². The van der Waals surface area contributed by atoms with Gasteiger partial charge in [-0.2, -0.15) is 0 Å². The molecule has 1 N–H and O–H groups in total. The molecule has 0 aromatic heterocycles. The molecule has 0 amide bonds. The molecular formula is C16H32O4Si. The Bertz CT molecular complexity index is 325. The van der Waals surface area contributed by atoms with Gasteiger partial charge in [0.1, 0.15) is 6.61 Å². The third kappa shape index (κ3) is 6.93. The predicted molar refractivity (Wildman–Crippen MR) is 87.1 cm³/mol. The molecule has 0 heterocycles. The Kier molecular flexibility index (Phi) is 7.37. The summed E-state index contributed by atoms with van der Waals surface area (Å²) in [5.74, 6) is 0.168. The van der Waals surface area contributed by atoms with Crippen LogP contribution < -0.4 is 0 Å². The maximum atomic E-state index is 10.5.